The maximum Gasteiger partial charge on any atom is 0.303 e. The number of ether oxygens (including phenoxy) is 2. The van der Waals surface area contributed by atoms with Crippen LogP contribution in [0.25, 0.3) is 11.1 Å². The predicted octanol–water partition coefficient (Wildman–Crippen LogP) is 6.40. The molecular weight excluding hydrogens is 388 g/mol. The first-order valence-electron chi connectivity index (χ1n) is 10.8. The molecule has 3 aromatic rings. The second-order valence-corrected chi connectivity index (χ2v) is 8.06. The number of rotatable bonds is 8. The third-order valence-corrected chi connectivity index (χ3v) is 6.11. The molecule has 0 fully saturated rings. The van der Waals surface area contributed by atoms with E-state index in [2.05, 4.69) is 30.3 Å². The molecule has 0 bridgehead atoms. The lowest BCUT2D eigenvalue weighted by Crippen LogP contribution is -2.06. The summed E-state index contributed by atoms with van der Waals surface area (Å²) in [7, 11) is 1.69. The summed E-state index contributed by atoms with van der Waals surface area (Å²) in [6.45, 7) is 2.02. The van der Waals surface area contributed by atoms with Crippen molar-refractivity contribution in [3.05, 3.63) is 83.4 Å². The molecule has 0 saturated carbocycles. The SMILES string of the molecule is CC[C@H](CC(=O)O)c1ccc(OC2CCc3cc(-c4cccc(OC)c4)ccc32)cc1. The van der Waals surface area contributed by atoms with Crippen LogP contribution in [-0.4, -0.2) is 18.2 Å². The lowest BCUT2D eigenvalue weighted by Gasteiger charge is -2.17. The number of benzene rings is 3. The van der Waals surface area contributed by atoms with Gasteiger partial charge in [-0.25, -0.2) is 0 Å². The second-order valence-electron chi connectivity index (χ2n) is 8.06. The maximum atomic E-state index is 11.1. The van der Waals surface area contributed by atoms with Gasteiger partial charge in [0, 0.05) is 0 Å². The van der Waals surface area contributed by atoms with E-state index in [1.807, 2.05) is 43.3 Å². The quantitative estimate of drug-likeness (QED) is 0.462. The molecule has 1 aliphatic carbocycles. The van der Waals surface area contributed by atoms with Crippen molar-refractivity contribution in [1.82, 2.24) is 0 Å². The number of fused-ring (bicyclic) bond motifs is 1. The number of aliphatic carboxylic acids is 1. The molecule has 0 aromatic heterocycles. The summed E-state index contributed by atoms with van der Waals surface area (Å²) in [4.78, 5) is 11.1. The van der Waals surface area contributed by atoms with Crippen molar-refractivity contribution in [3.63, 3.8) is 0 Å². The average molecular weight is 417 g/mol. The lowest BCUT2D eigenvalue weighted by atomic mass is 9.93. The van der Waals surface area contributed by atoms with Gasteiger partial charge in [0.25, 0.3) is 0 Å². The summed E-state index contributed by atoms with van der Waals surface area (Å²) in [6, 6.07) is 22.6. The van der Waals surface area contributed by atoms with Gasteiger partial charge in [-0.05, 0) is 77.3 Å². The first-order valence-corrected chi connectivity index (χ1v) is 10.8. The highest BCUT2D eigenvalue weighted by Crippen LogP contribution is 2.38. The zero-order chi connectivity index (χ0) is 21.8. The highest BCUT2D eigenvalue weighted by Gasteiger charge is 2.24. The number of hydrogen-bond donors (Lipinski definition) is 1. The highest BCUT2D eigenvalue weighted by molar-refractivity contribution is 5.68. The molecule has 31 heavy (non-hydrogen) atoms. The number of hydrogen-bond acceptors (Lipinski definition) is 3. The van der Waals surface area contributed by atoms with Crippen LogP contribution in [-0.2, 0) is 11.2 Å². The number of carboxylic acids is 1. The summed E-state index contributed by atoms with van der Waals surface area (Å²) in [5.41, 5.74) is 5.95. The van der Waals surface area contributed by atoms with Gasteiger partial charge in [-0.3, -0.25) is 4.79 Å². The maximum absolute atomic E-state index is 11.1. The van der Waals surface area contributed by atoms with Gasteiger partial charge in [-0.1, -0.05) is 49.4 Å². The van der Waals surface area contributed by atoms with E-state index >= 15 is 0 Å². The van der Waals surface area contributed by atoms with E-state index in [9.17, 15) is 4.79 Å². The standard InChI is InChI=1S/C27H28O4/c1-3-18(17-27(28)29)19-7-11-23(12-8-19)31-26-14-10-22-15-21(9-13-25(22)26)20-5-4-6-24(16-20)30-2/h4-9,11-13,15-16,18,26H,3,10,14,17H2,1-2H3,(H,28,29)/t18-,26?/m1/s1. The van der Waals surface area contributed by atoms with Crippen LogP contribution in [0.15, 0.2) is 66.7 Å². The molecule has 0 amide bonds. The van der Waals surface area contributed by atoms with E-state index in [-0.39, 0.29) is 18.4 Å². The molecule has 4 heteroatoms. The zero-order valence-electron chi connectivity index (χ0n) is 18.0. The van der Waals surface area contributed by atoms with Gasteiger partial charge in [0.2, 0.25) is 0 Å². The van der Waals surface area contributed by atoms with Crippen molar-refractivity contribution in [3.8, 4) is 22.6 Å². The number of carboxylic acid groups (broad SMARTS) is 1. The Labute approximate surface area is 183 Å². The normalized spacial score (nSPS) is 15.9. The topological polar surface area (TPSA) is 55.8 Å². The van der Waals surface area contributed by atoms with Crippen molar-refractivity contribution in [2.24, 2.45) is 0 Å². The van der Waals surface area contributed by atoms with Crippen LogP contribution < -0.4 is 9.47 Å². The Balaban J connectivity index is 1.48. The van der Waals surface area contributed by atoms with Crippen LogP contribution in [0.3, 0.4) is 0 Å². The molecule has 1 aliphatic rings. The molecule has 0 saturated heterocycles. The molecule has 3 aromatic carbocycles. The predicted molar refractivity (Wildman–Crippen MR) is 122 cm³/mol. The van der Waals surface area contributed by atoms with Crippen LogP contribution in [0, 0.1) is 0 Å². The van der Waals surface area contributed by atoms with Crippen LogP contribution in [0.1, 0.15) is 54.9 Å². The first-order chi connectivity index (χ1) is 15.1. The Morgan fingerprint density at radius 2 is 1.81 bits per heavy atom. The van der Waals surface area contributed by atoms with E-state index in [1.165, 1.54) is 16.7 Å². The minimum Gasteiger partial charge on any atom is -0.497 e. The van der Waals surface area contributed by atoms with E-state index in [0.717, 1.165) is 41.9 Å². The smallest absolute Gasteiger partial charge is 0.303 e. The van der Waals surface area contributed by atoms with Gasteiger partial charge < -0.3 is 14.6 Å². The third-order valence-electron chi connectivity index (χ3n) is 6.11. The van der Waals surface area contributed by atoms with Gasteiger partial charge >= 0.3 is 5.97 Å². The zero-order valence-corrected chi connectivity index (χ0v) is 18.0. The van der Waals surface area contributed by atoms with E-state index in [0.29, 0.717) is 0 Å². The number of carbonyl (C=O) groups is 1. The highest BCUT2D eigenvalue weighted by atomic mass is 16.5. The average Bonchev–Trinajstić information content (AvgIpc) is 3.20. The van der Waals surface area contributed by atoms with E-state index in [1.54, 1.807) is 7.11 Å². The Bertz CT molecular complexity index is 1060. The fourth-order valence-corrected chi connectivity index (χ4v) is 4.37. The Morgan fingerprint density at radius 3 is 2.52 bits per heavy atom. The molecule has 4 nitrogen and oxygen atoms in total. The first kappa shape index (κ1) is 21.0. The van der Waals surface area contributed by atoms with Gasteiger partial charge in [0.15, 0.2) is 0 Å². The largest absolute Gasteiger partial charge is 0.497 e. The number of methoxy groups -OCH3 is 1. The van der Waals surface area contributed by atoms with E-state index < -0.39 is 5.97 Å². The monoisotopic (exact) mass is 416 g/mol. The van der Waals surface area contributed by atoms with Crippen molar-refractivity contribution in [2.45, 2.75) is 44.6 Å². The van der Waals surface area contributed by atoms with Crippen LogP contribution in [0.4, 0.5) is 0 Å². The molecule has 1 N–H and O–H groups in total. The summed E-state index contributed by atoms with van der Waals surface area (Å²) in [6.07, 6.45) is 2.95. The van der Waals surface area contributed by atoms with Crippen molar-refractivity contribution < 1.29 is 19.4 Å². The molecule has 0 aliphatic heterocycles. The van der Waals surface area contributed by atoms with Gasteiger partial charge in [-0.2, -0.15) is 0 Å². The number of aryl methyl sites for hydroxylation is 1. The second kappa shape index (κ2) is 9.25. The van der Waals surface area contributed by atoms with Crippen molar-refractivity contribution >= 4 is 5.97 Å². The summed E-state index contributed by atoms with van der Waals surface area (Å²) in [5, 5.41) is 9.10. The molecule has 1 unspecified atom stereocenters. The summed E-state index contributed by atoms with van der Waals surface area (Å²) in [5.74, 6) is 0.955. The Kier molecular flexibility index (Phi) is 6.26. The Hall–Kier alpha value is -3.27. The minimum absolute atomic E-state index is 0.0359. The van der Waals surface area contributed by atoms with Crippen molar-refractivity contribution in [1.29, 1.82) is 0 Å². The fourth-order valence-electron chi connectivity index (χ4n) is 4.37. The third kappa shape index (κ3) is 4.74. The molecule has 0 spiro atoms. The van der Waals surface area contributed by atoms with Crippen LogP contribution >= 0.6 is 0 Å². The molecule has 160 valence electrons. The Morgan fingerprint density at radius 1 is 1.03 bits per heavy atom. The van der Waals surface area contributed by atoms with E-state index in [4.69, 9.17) is 14.6 Å². The van der Waals surface area contributed by atoms with Crippen LogP contribution in [0.5, 0.6) is 11.5 Å². The summed E-state index contributed by atoms with van der Waals surface area (Å²) < 4.78 is 11.6. The molecular formula is C27H28O4. The molecule has 0 heterocycles. The molecule has 4 rings (SSSR count). The molecule has 0 radical (unpaired) electrons. The lowest BCUT2D eigenvalue weighted by molar-refractivity contribution is -0.137. The fraction of sp³-hybridized carbons (Fsp3) is 0.296. The molecule has 2 atom stereocenters. The van der Waals surface area contributed by atoms with Crippen molar-refractivity contribution in [2.75, 3.05) is 7.11 Å². The van der Waals surface area contributed by atoms with Gasteiger partial charge in [-0.15, -0.1) is 0 Å². The van der Waals surface area contributed by atoms with Gasteiger partial charge in [0.05, 0.1) is 13.5 Å². The minimum atomic E-state index is -0.761. The summed E-state index contributed by atoms with van der Waals surface area (Å²) >= 11 is 0. The van der Waals surface area contributed by atoms with Gasteiger partial charge in [0.1, 0.15) is 17.6 Å². The van der Waals surface area contributed by atoms with Crippen LogP contribution in [0.2, 0.25) is 0 Å².